The van der Waals surface area contributed by atoms with Gasteiger partial charge in [0.1, 0.15) is 0 Å². The lowest BCUT2D eigenvalue weighted by Crippen LogP contribution is -2.28. The molecule has 1 aliphatic carbocycles. The molecule has 0 aromatic heterocycles. The van der Waals surface area contributed by atoms with Gasteiger partial charge < -0.3 is 5.32 Å². The molecule has 1 aromatic rings. The number of hydrogen-bond donors (Lipinski definition) is 1. The molecule has 2 heteroatoms. The highest BCUT2D eigenvalue weighted by atomic mass is 127. The minimum atomic E-state index is 0.491. The van der Waals surface area contributed by atoms with Gasteiger partial charge in [0, 0.05) is 15.8 Å². The van der Waals surface area contributed by atoms with E-state index in [0.717, 1.165) is 18.4 Å². The van der Waals surface area contributed by atoms with Gasteiger partial charge in [-0.25, -0.2) is 0 Å². The topological polar surface area (TPSA) is 12.0 Å². The molecule has 1 nitrogen and oxygen atoms in total. The van der Waals surface area contributed by atoms with Gasteiger partial charge in [0.05, 0.1) is 0 Å². The number of halogens is 1. The van der Waals surface area contributed by atoms with Crippen molar-refractivity contribution < 1.29 is 0 Å². The molecule has 0 aliphatic heterocycles. The van der Waals surface area contributed by atoms with E-state index in [1.165, 1.54) is 40.5 Å². The molecule has 1 aromatic carbocycles. The molecule has 0 radical (unpaired) electrons. The van der Waals surface area contributed by atoms with Crippen molar-refractivity contribution in [3.63, 3.8) is 0 Å². The summed E-state index contributed by atoms with van der Waals surface area (Å²) in [6.07, 6.45) is 5.58. The molecular weight excluding hydrogens is 357 g/mol. The van der Waals surface area contributed by atoms with Crippen LogP contribution < -0.4 is 5.32 Å². The predicted molar refractivity (Wildman–Crippen MR) is 97.3 cm³/mol. The fourth-order valence-corrected chi connectivity index (χ4v) is 3.96. The van der Waals surface area contributed by atoms with Crippen molar-refractivity contribution in [2.45, 2.75) is 53.4 Å². The molecule has 0 unspecified atom stereocenters. The summed E-state index contributed by atoms with van der Waals surface area (Å²) in [5.74, 6) is 1.77. The van der Waals surface area contributed by atoms with Gasteiger partial charge in [-0.1, -0.05) is 20.8 Å². The van der Waals surface area contributed by atoms with Crippen LogP contribution in [-0.4, -0.2) is 6.54 Å². The molecule has 0 atom stereocenters. The van der Waals surface area contributed by atoms with Gasteiger partial charge in [-0.05, 0) is 96.2 Å². The zero-order valence-electron chi connectivity index (χ0n) is 13.3. The zero-order valence-corrected chi connectivity index (χ0v) is 15.5. The van der Waals surface area contributed by atoms with Crippen molar-refractivity contribution in [2.24, 2.45) is 17.3 Å². The van der Waals surface area contributed by atoms with Crippen LogP contribution in [0.4, 0.5) is 5.69 Å². The first-order valence-electron chi connectivity index (χ1n) is 7.86. The highest BCUT2D eigenvalue weighted by molar-refractivity contribution is 14.1. The van der Waals surface area contributed by atoms with E-state index in [2.05, 4.69) is 73.8 Å². The van der Waals surface area contributed by atoms with Crippen LogP contribution in [-0.2, 0) is 0 Å². The number of aryl methyl sites for hydroxylation is 1. The Bertz CT molecular complexity index is 439. The van der Waals surface area contributed by atoms with Gasteiger partial charge in [-0.15, -0.1) is 0 Å². The summed E-state index contributed by atoms with van der Waals surface area (Å²) in [5.41, 5.74) is 3.16. The minimum absolute atomic E-state index is 0.491. The first-order chi connectivity index (χ1) is 9.36. The molecule has 1 saturated carbocycles. The molecule has 0 bridgehead atoms. The van der Waals surface area contributed by atoms with E-state index in [1.54, 1.807) is 0 Å². The Kier molecular flexibility index (Phi) is 5.38. The average molecular weight is 385 g/mol. The van der Waals surface area contributed by atoms with Crippen molar-refractivity contribution in [3.05, 3.63) is 27.3 Å². The van der Waals surface area contributed by atoms with E-state index in [-0.39, 0.29) is 0 Å². The van der Waals surface area contributed by atoms with Gasteiger partial charge >= 0.3 is 0 Å². The smallest absolute Gasteiger partial charge is 0.0370 e. The number of benzene rings is 1. The molecule has 2 rings (SSSR count). The quantitative estimate of drug-likeness (QED) is 0.643. The van der Waals surface area contributed by atoms with E-state index >= 15 is 0 Å². The van der Waals surface area contributed by atoms with Gasteiger partial charge in [0.25, 0.3) is 0 Å². The van der Waals surface area contributed by atoms with Crippen molar-refractivity contribution in [2.75, 3.05) is 11.9 Å². The molecule has 0 amide bonds. The molecule has 0 spiro atoms. The third-order valence-corrected chi connectivity index (χ3v) is 5.51. The minimum Gasteiger partial charge on any atom is -0.385 e. The van der Waals surface area contributed by atoms with Gasteiger partial charge in [-0.2, -0.15) is 0 Å². The Morgan fingerprint density at radius 1 is 1.15 bits per heavy atom. The highest BCUT2D eigenvalue weighted by Crippen LogP contribution is 2.39. The van der Waals surface area contributed by atoms with Gasteiger partial charge in [-0.3, -0.25) is 0 Å². The summed E-state index contributed by atoms with van der Waals surface area (Å²) in [6.45, 7) is 10.5. The maximum atomic E-state index is 3.66. The third-order valence-electron chi connectivity index (χ3n) is 4.84. The number of nitrogens with one attached hydrogen (secondary N) is 1. The Morgan fingerprint density at radius 2 is 1.80 bits per heavy atom. The normalized spacial score (nSPS) is 23.6. The molecule has 1 N–H and O–H groups in total. The third kappa shape index (κ3) is 4.37. The van der Waals surface area contributed by atoms with Crippen molar-refractivity contribution in [1.29, 1.82) is 0 Å². The Hall–Kier alpha value is -0.250. The van der Waals surface area contributed by atoms with Gasteiger partial charge in [0.15, 0.2) is 0 Å². The molecular formula is C18H28IN. The Labute approximate surface area is 138 Å². The van der Waals surface area contributed by atoms with E-state index in [0.29, 0.717) is 5.41 Å². The van der Waals surface area contributed by atoms with Crippen molar-refractivity contribution in [1.82, 2.24) is 0 Å². The maximum absolute atomic E-state index is 3.66. The van der Waals surface area contributed by atoms with Crippen LogP contribution in [0.3, 0.4) is 0 Å². The first kappa shape index (κ1) is 16.1. The summed E-state index contributed by atoms with van der Waals surface area (Å²) in [4.78, 5) is 0. The molecule has 0 heterocycles. The van der Waals surface area contributed by atoms with E-state index < -0.39 is 0 Å². The first-order valence-corrected chi connectivity index (χ1v) is 8.94. The second kappa shape index (κ2) is 6.67. The lowest BCUT2D eigenvalue weighted by molar-refractivity contribution is 0.153. The lowest BCUT2D eigenvalue weighted by Gasteiger charge is -2.37. The fourth-order valence-electron chi connectivity index (χ4n) is 3.31. The standard InChI is InChI=1S/C18H28IN/c1-13-11-16(19)9-10-17(13)20-12-14-5-7-15(8-6-14)18(2,3)4/h9-11,14-15,20H,5-8,12H2,1-4H3. The van der Waals surface area contributed by atoms with Crippen molar-refractivity contribution in [3.8, 4) is 0 Å². The van der Waals surface area contributed by atoms with E-state index in [1.807, 2.05) is 0 Å². The van der Waals surface area contributed by atoms with Crippen LogP contribution in [0, 0.1) is 27.7 Å². The molecule has 1 aliphatic rings. The second-order valence-corrected chi connectivity index (χ2v) is 8.67. The van der Waals surface area contributed by atoms with Crippen LogP contribution in [0.25, 0.3) is 0 Å². The summed E-state index contributed by atoms with van der Waals surface area (Å²) in [7, 11) is 0. The van der Waals surface area contributed by atoms with Gasteiger partial charge in [0.2, 0.25) is 0 Å². The fraction of sp³-hybridized carbons (Fsp3) is 0.667. The average Bonchev–Trinajstić information content (AvgIpc) is 2.37. The predicted octanol–water partition coefficient (Wildman–Crippen LogP) is 5.86. The van der Waals surface area contributed by atoms with Crippen LogP contribution >= 0.6 is 22.6 Å². The van der Waals surface area contributed by atoms with Crippen LogP contribution in [0.5, 0.6) is 0 Å². The lowest BCUT2D eigenvalue weighted by atomic mass is 9.70. The molecule has 20 heavy (non-hydrogen) atoms. The van der Waals surface area contributed by atoms with E-state index in [9.17, 15) is 0 Å². The SMILES string of the molecule is Cc1cc(I)ccc1NCC1CCC(C(C)(C)C)CC1. The zero-order chi connectivity index (χ0) is 14.8. The van der Waals surface area contributed by atoms with Crippen LogP contribution in [0.2, 0.25) is 0 Å². The Balaban J connectivity index is 1.82. The van der Waals surface area contributed by atoms with E-state index in [4.69, 9.17) is 0 Å². The number of hydrogen-bond acceptors (Lipinski definition) is 1. The molecule has 0 saturated heterocycles. The van der Waals surface area contributed by atoms with Crippen molar-refractivity contribution >= 4 is 28.3 Å². The largest absolute Gasteiger partial charge is 0.385 e. The highest BCUT2D eigenvalue weighted by Gasteiger charge is 2.29. The Morgan fingerprint density at radius 3 is 2.35 bits per heavy atom. The monoisotopic (exact) mass is 385 g/mol. The molecule has 112 valence electrons. The summed E-state index contributed by atoms with van der Waals surface area (Å²) < 4.78 is 1.32. The summed E-state index contributed by atoms with van der Waals surface area (Å²) >= 11 is 2.38. The molecule has 1 fully saturated rings. The summed E-state index contributed by atoms with van der Waals surface area (Å²) in [6, 6.07) is 6.66. The number of rotatable bonds is 3. The maximum Gasteiger partial charge on any atom is 0.0370 e. The van der Waals surface area contributed by atoms with Crippen LogP contribution in [0.1, 0.15) is 52.0 Å². The summed E-state index contributed by atoms with van der Waals surface area (Å²) in [5, 5.41) is 3.66. The number of anilines is 1. The second-order valence-electron chi connectivity index (χ2n) is 7.42. The van der Waals surface area contributed by atoms with Crippen LogP contribution in [0.15, 0.2) is 18.2 Å².